The molecule has 112 valence electrons. The van der Waals surface area contributed by atoms with Gasteiger partial charge in [-0.25, -0.2) is 4.39 Å². The van der Waals surface area contributed by atoms with Crippen molar-refractivity contribution in [2.24, 2.45) is 0 Å². The van der Waals surface area contributed by atoms with Crippen LogP contribution in [0.2, 0.25) is 0 Å². The van der Waals surface area contributed by atoms with Gasteiger partial charge in [0.25, 0.3) is 0 Å². The van der Waals surface area contributed by atoms with Crippen LogP contribution >= 0.6 is 0 Å². The number of hydrogen-bond acceptors (Lipinski definition) is 2. The maximum atomic E-state index is 13.7. The van der Waals surface area contributed by atoms with E-state index < -0.39 is 0 Å². The van der Waals surface area contributed by atoms with E-state index in [1.807, 2.05) is 6.07 Å². The molecule has 0 spiro atoms. The largest absolute Gasteiger partial charge is 0.494 e. The van der Waals surface area contributed by atoms with Crippen LogP contribution in [0.25, 0.3) is 0 Å². The smallest absolute Gasteiger partial charge is 0.165 e. The Balaban J connectivity index is 2.03. The van der Waals surface area contributed by atoms with Crippen molar-refractivity contribution >= 4 is 0 Å². The molecule has 0 saturated heterocycles. The molecule has 0 aliphatic rings. The SMILES string of the molecule is COc1ccc(CNC(C)c2ccc(C)cc2C)cc1F. The van der Waals surface area contributed by atoms with Gasteiger partial charge in [0.1, 0.15) is 0 Å². The monoisotopic (exact) mass is 287 g/mol. The third-order valence-corrected chi connectivity index (χ3v) is 3.72. The van der Waals surface area contributed by atoms with E-state index >= 15 is 0 Å². The van der Waals surface area contributed by atoms with Gasteiger partial charge in [-0.3, -0.25) is 0 Å². The lowest BCUT2D eigenvalue weighted by molar-refractivity contribution is 0.386. The summed E-state index contributed by atoms with van der Waals surface area (Å²) in [4.78, 5) is 0. The highest BCUT2D eigenvalue weighted by atomic mass is 19.1. The number of nitrogens with one attached hydrogen (secondary N) is 1. The summed E-state index contributed by atoms with van der Waals surface area (Å²) in [7, 11) is 1.47. The number of ether oxygens (including phenoxy) is 1. The standard InChI is InChI=1S/C18H22FNO/c1-12-5-7-16(13(2)9-12)14(3)20-11-15-6-8-18(21-4)17(19)10-15/h5-10,14,20H,11H2,1-4H3. The van der Waals surface area contributed by atoms with Crippen molar-refractivity contribution in [2.75, 3.05) is 7.11 Å². The molecule has 0 bridgehead atoms. The maximum Gasteiger partial charge on any atom is 0.165 e. The van der Waals surface area contributed by atoms with E-state index in [9.17, 15) is 4.39 Å². The lowest BCUT2D eigenvalue weighted by atomic mass is 10.00. The number of halogens is 1. The molecular formula is C18H22FNO. The Morgan fingerprint density at radius 1 is 1.14 bits per heavy atom. The zero-order valence-electron chi connectivity index (χ0n) is 13.0. The fraction of sp³-hybridized carbons (Fsp3) is 0.333. The van der Waals surface area contributed by atoms with Crippen molar-refractivity contribution in [3.8, 4) is 5.75 Å². The molecule has 0 radical (unpaired) electrons. The zero-order valence-corrected chi connectivity index (χ0v) is 13.0. The number of methoxy groups -OCH3 is 1. The Labute approximate surface area is 126 Å². The maximum absolute atomic E-state index is 13.7. The van der Waals surface area contributed by atoms with E-state index in [-0.39, 0.29) is 17.6 Å². The van der Waals surface area contributed by atoms with Gasteiger partial charge in [-0.1, -0.05) is 29.8 Å². The average molecular weight is 287 g/mol. The lowest BCUT2D eigenvalue weighted by Crippen LogP contribution is -2.19. The van der Waals surface area contributed by atoms with Gasteiger partial charge in [0.05, 0.1) is 7.11 Å². The third-order valence-electron chi connectivity index (χ3n) is 3.72. The molecule has 1 N–H and O–H groups in total. The predicted octanol–water partition coefficient (Wildman–Crippen LogP) is 4.30. The Hall–Kier alpha value is -1.87. The Bertz CT molecular complexity index is 625. The average Bonchev–Trinajstić information content (AvgIpc) is 2.45. The van der Waals surface area contributed by atoms with Gasteiger partial charge in [0.15, 0.2) is 11.6 Å². The highest BCUT2D eigenvalue weighted by Crippen LogP contribution is 2.21. The first kappa shape index (κ1) is 15.5. The van der Waals surface area contributed by atoms with Crippen LogP contribution in [0.15, 0.2) is 36.4 Å². The lowest BCUT2D eigenvalue weighted by Gasteiger charge is -2.17. The quantitative estimate of drug-likeness (QED) is 0.885. The van der Waals surface area contributed by atoms with Crippen LogP contribution in [0.5, 0.6) is 5.75 Å². The molecule has 2 aromatic carbocycles. The first-order valence-corrected chi connectivity index (χ1v) is 7.14. The van der Waals surface area contributed by atoms with Crippen molar-refractivity contribution in [1.82, 2.24) is 5.32 Å². The van der Waals surface area contributed by atoms with Crippen molar-refractivity contribution in [3.63, 3.8) is 0 Å². The van der Waals surface area contributed by atoms with E-state index in [0.29, 0.717) is 6.54 Å². The summed E-state index contributed by atoms with van der Waals surface area (Å²) >= 11 is 0. The molecule has 0 aliphatic carbocycles. The van der Waals surface area contributed by atoms with Gasteiger partial charge in [0.2, 0.25) is 0 Å². The molecule has 0 heterocycles. The van der Waals surface area contributed by atoms with Crippen LogP contribution in [-0.4, -0.2) is 7.11 Å². The fourth-order valence-corrected chi connectivity index (χ4v) is 2.51. The molecule has 3 heteroatoms. The van der Waals surface area contributed by atoms with Crippen LogP contribution in [0.1, 0.15) is 35.2 Å². The molecule has 2 rings (SSSR count). The van der Waals surface area contributed by atoms with Crippen molar-refractivity contribution in [3.05, 3.63) is 64.5 Å². The van der Waals surface area contributed by atoms with Crippen LogP contribution in [0.3, 0.4) is 0 Å². The second-order valence-electron chi connectivity index (χ2n) is 5.43. The van der Waals surface area contributed by atoms with Gasteiger partial charge < -0.3 is 10.1 Å². The second kappa shape index (κ2) is 6.72. The molecule has 1 unspecified atom stereocenters. The van der Waals surface area contributed by atoms with Gasteiger partial charge in [-0.05, 0) is 49.6 Å². The molecule has 0 aliphatic heterocycles. The van der Waals surface area contributed by atoms with Gasteiger partial charge in [-0.2, -0.15) is 0 Å². The number of hydrogen-bond donors (Lipinski definition) is 1. The van der Waals surface area contributed by atoms with Crippen LogP contribution in [0, 0.1) is 19.7 Å². The van der Waals surface area contributed by atoms with Gasteiger partial charge in [0, 0.05) is 12.6 Å². The van der Waals surface area contributed by atoms with Gasteiger partial charge in [-0.15, -0.1) is 0 Å². The summed E-state index contributed by atoms with van der Waals surface area (Å²) in [6.07, 6.45) is 0. The molecule has 2 nitrogen and oxygen atoms in total. The Morgan fingerprint density at radius 3 is 2.52 bits per heavy atom. The highest BCUT2D eigenvalue weighted by molar-refractivity contribution is 5.33. The molecular weight excluding hydrogens is 265 g/mol. The van der Waals surface area contributed by atoms with Crippen LogP contribution in [-0.2, 0) is 6.54 Å². The normalized spacial score (nSPS) is 12.2. The number of rotatable bonds is 5. The molecule has 1 atom stereocenters. The summed E-state index contributed by atoms with van der Waals surface area (Å²) in [5.41, 5.74) is 4.72. The third kappa shape index (κ3) is 3.82. The van der Waals surface area contributed by atoms with Crippen LogP contribution in [0.4, 0.5) is 4.39 Å². The summed E-state index contributed by atoms with van der Waals surface area (Å²) < 4.78 is 18.6. The van der Waals surface area contributed by atoms with E-state index in [4.69, 9.17) is 4.74 Å². The van der Waals surface area contributed by atoms with Gasteiger partial charge >= 0.3 is 0 Å². The first-order chi connectivity index (χ1) is 10.0. The molecule has 0 amide bonds. The van der Waals surface area contributed by atoms with E-state index in [1.54, 1.807) is 6.07 Å². The second-order valence-corrected chi connectivity index (χ2v) is 5.43. The van der Waals surface area contributed by atoms with E-state index in [1.165, 1.54) is 29.9 Å². The van der Waals surface area contributed by atoms with Crippen molar-refractivity contribution < 1.29 is 9.13 Å². The molecule has 0 aromatic heterocycles. The fourth-order valence-electron chi connectivity index (χ4n) is 2.51. The van der Waals surface area contributed by atoms with Crippen molar-refractivity contribution in [2.45, 2.75) is 33.4 Å². The molecule has 0 fully saturated rings. The van der Waals surface area contributed by atoms with Crippen LogP contribution < -0.4 is 10.1 Å². The predicted molar refractivity (Wildman–Crippen MR) is 84.1 cm³/mol. The Morgan fingerprint density at radius 2 is 1.90 bits per heavy atom. The molecule has 21 heavy (non-hydrogen) atoms. The summed E-state index contributed by atoms with van der Waals surface area (Å²) in [6, 6.07) is 11.7. The summed E-state index contributed by atoms with van der Waals surface area (Å²) in [5, 5.41) is 3.43. The minimum absolute atomic E-state index is 0.218. The van der Waals surface area contributed by atoms with E-state index in [0.717, 1.165) is 5.56 Å². The summed E-state index contributed by atoms with van der Waals surface area (Å²) in [5.74, 6) is -0.0443. The van der Waals surface area contributed by atoms with Crippen molar-refractivity contribution in [1.29, 1.82) is 0 Å². The minimum atomic E-state index is -0.323. The highest BCUT2D eigenvalue weighted by Gasteiger charge is 2.09. The minimum Gasteiger partial charge on any atom is -0.494 e. The van der Waals surface area contributed by atoms with E-state index in [2.05, 4.69) is 44.3 Å². The molecule has 2 aromatic rings. The number of benzene rings is 2. The molecule has 0 saturated carbocycles. The summed E-state index contributed by atoms with van der Waals surface area (Å²) in [6.45, 7) is 6.95. The zero-order chi connectivity index (χ0) is 15.4. The Kier molecular flexibility index (Phi) is 4.97. The topological polar surface area (TPSA) is 21.3 Å². The first-order valence-electron chi connectivity index (χ1n) is 7.14. The number of aryl methyl sites for hydroxylation is 2.